The van der Waals surface area contributed by atoms with E-state index < -0.39 is 0 Å². The van der Waals surface area contributed by atoms with Gasteiger partial charge in [0.1, 0.15) is 18.1 Å². The molecule has 0 atom stereocenters. The molecule has 0 unspecified atom stereocenters. The number of carbonyl (C=O) groups is 1. The fourth-order valence-corrected chi connectivity index (χ4v) is 2.19. The van der Waals surface area contributed by atoms with Crippen LogP contribution in [0.2, 0.25) is 0 Å². The second-order valence-electron chi connectivity index (χ2n) is 5.39. The Labute approximate surface area is 143 Å². The SMILES string of the molecule is COc1cccc(-c2nnn(CC(=O)Nc3ccc(C)c(F)c3)n2)c1. The van der Waals surface area contributed by atoms with E-state index in [0.717, 1.165) is 5.56 Å². The molecule has 0 radical (unpaired) electrons. The summed E-state index contributed by atoms with van der Waals surface area (Å²) in [6, 6.07) is 11.7. The van der Waals surface area contributed by atoms with E-state index in [2.05, 4.69) is 20.7 Å². The van der Waals surface area contributed by atoms with Crippen molar-refractivity contribution in [3.63, 3.8) is 0 Å². The van der Waals surface area contributed by atoms with Crippen LogP contribution in [0.5, 0.6) is 5.75 Å². The maximum atomic E-state index is 13.5. The van der Waals surface area contributed by atoms with Gasteiger partial charge in [0, 0.05) is 11.3 Å². The zero-order valence-electron chi connectivity index (χ0n) is 13.7. The molecule has 0 aliphatic carbocycles. The monoisotopic (exact) mass is 341 g/mol. The van der Waals surface area contributed by atoms with Crippen LogP contribution in [0.25, 0.3) is 11.4 Å². The number of ether oxygens (including phenoxy) is 1. The molecule has 3 rings (SSSR count). The summed E-state index contributed by atoms with van der Waals surface area (Å²) < 4.78 is 18.7. The number of carbonyl (C=O) groups excluding carboxylic acids is 1. The first-order chi connectivity index (χ1) is 12.0. The average Bonchev–Trinajstić information content (AvgIpc) is 3.06. The molecule has 25 heavy (non-hydrogen) atoms. The van der Waals surface area contributed by atoms with Gasteiger partial charge in [-0.1, -0.05) is 18.2 Å². The summed E-state index contributed by atoms with van der Waals surface area (Å²) in [5.74, 6) is 0.302. The van der Waals surface area contributed by atoms with Crippen molar-refractivity contribution in [2.24, 2.45) is 0 Å². The van der Waals surface area contributed by atoms with Gasteiger partial charge >= 0.3 is 0 Å². The second-order valence-corrected chi connectivity index (χ2v) is 5.39. The predicted octanol–water partition coefficient (Wildman–Crippen LogP) is 2.43. The normalized spacial score (nSPS) is 10.5. The molecule has 0 saturated carbocycles. The van der Waals surface area contributed by atoms with Crippen LogP contribution in [0.1, 0.15) is 5.56 Å². The van der Waals surface area contributed by atoms with Crippen molar-refractivity contribution in [2.75, 3.05) is 12.4 Å². The van der Waals surface area contributed by atoms with Crippen molar-refractivity contribution in [3.8, 4) is 17.1 Å². The lowest BCUT2D eigenvalue weighted by Crippen LogP contribution is -2.20. The fourth-order valence-electron chi connectivity index (χ4n) is 2.19. The van der Waals surface area contributed by atoms with Crippen molar-refractivity contribution in [3.05, 3.63) is 53.8 Å². The number of nitrogens with one attached hydrogen (secondary N) is 1. The smallest absolute Gasteiger partial charge is 0.248 e. The predicted molar refractivity (Wildman–Crippen MR) is 89.6 cm³/mol. The highest BCUT2D eigenvalue weighted by Crippen LogP contribution is 2.19. The van der Waals surface area contributed by atoms with Gasteiger partial charge in [0.15, 0.2) is 0 Å². The minimum Gasteiger partial charge on any atom is -0.497 e. The molecule has 1 N–H and O–H groups in total. The van der Waals surface area contributed by atoms with Crippen LogP contribution in [0, 0.1) is 12.7 Å². The molecule has 1 amide bonds. The number of anilines is 1. The first-order valence-electron chi connectivity index (χ1n) is 7.53. The first-order valence-corrected chi connectivity index (χ1v) is 7.53. The number of amides is 1. The molecule has 8 heteroatoms. The van der Waals surface area contributed by atoms with Crippen LogP contribution in [-0.2, 0) is 11.3 Å². The molecule has 3 aromatic rings. The van der Waals surface area contributed by atoms with Gasteiger partial charge in [-0.15, -0.1) is 10.2 Å². The Balaban J connectivity index is 1.68. The van der Waals surface area contributed by atoms with E-state index >= 15 is 0 Å². The van der Waals surface area contributed by atoms with E-state index in [9.17, 15) is 9.18 Å². The first kappa shape index (κ1) is 16.6. The number of nitrogens with zero attached hydrogens (tertiary/aromatic N) is 4. The van der Waals surface area contributed by atoms with Crippen molar-refractivity contribution in [1.29, 1.82) is 0 Å². The maximum absolute atomic E-state index is 13.5. The molecular weight excluding hydrogens is 325 g/mol. The quantitative estimate of drug-likeness (QED) is 0.771. The molecule has 2 aromatic carbocycles. The third kappa shape index (κ3) is 3.97. The Morgan fingerprint density at radius 2 is 2.12 bits per heavy atom. The van der Waals surface area contributed by atoms with E-state index in [1.165, 1.54) is 10.9 Å². The second kappa shape index (κ2) is 7.08. The summed E-state index contributed by atoms with van der Waals surface area (Å²) >= 11 is 0. The maximum Gasteiger partial charge on any atom is 0.248 e. The molecule has 7 nitrogen and oxygen atoms in total. The molecule has 1 heterocycles. The Kier molecular flexibility index (Phi) is 4.69. The van der Waals surface area contributed by atoms with E-state index in [0.29, 0.717) is 22.8 Å². The highest BCUT2D eigenvalue weighted by atomic mass is 19.1. The Morgan fingerprint density at radius 1 is 1.28 bits per heavy atom. The van der Waals surface area contributed by atoms with Gasteiger partial charge in [0.05, 0.1) is 7.11 Å². The molecule has 0 saturated heterocycles. The number of aryl methyl sites for hydroxylation is 1. The van der Waals surface area contributed by atoms with Gasteiger partial charge in [0.25, 0.3) is 0 Å². The number of aromatic nitrogens is 4. The molecule has 0 bridgehead atoms. The molecular formula is C17H16FN5O2. The van der Waals surface area contributed by atoms with Gasteiger partial charge in [-0.2, -0.15) is 4.80 Å². The van der Waals surface area contributed by atoms with Crippen LogP contribution in [-0.4, -0.2) is 33.2 Å². The van der Waals surface area contributed by atoms with E-state index in [4.69, 9.17) is 4.74 Å². The summed E-state index contributed by atoms with van der Waals surface area (Å²) in [7, 11) is 1.57. The van der Waals surface area contributed by atoms with Crippen LogP contribution in [0.15, 0.2) is 42.5 Å². The van der Waals surface area contributed by atoms with Crippen LogP contribution in [0.4, 0.5) is 10.1 Å². The molecule has 0 fully saturated rings. The molecule has 1 aromatic heterocycles. The number of hydrogen-bond acceptors (Lipinski definition) is 5. The fraction of sp³-hybridized carbons (Fsp3) is 0.176. The lowest BCUT2D eigenvalue weighted by Gasteiger charge is -2.05. The van der Waals surface area contributed by atoms with Crippen LogP contribution in [0.3, 0.4) is 0 Å². The van der Waals surface area contributed by atoms with E-state index in [1.54, 1.807) is 32.2 Å². The standard InChI is InChI=1S/C17H16FN5O2/c1-11-6-7-13(9-15(11)18)19-16(24)10-23-21-17(20-22-23)12-4-3-5-14(8-12)25-2/h3-9H,10H2,1-2H3,(H,19,24). The third-order valence-electron chi connectivity index (χ3n) is 3.52. The Hall–Kier alpha value is -3.29. The van der Waals surface area contributed by atoms with Crippen LogP contribution >= 0.6 is 0 Å². The minimum atomic E-state index is -0.378. The lowest BCUT2D eigenvalue weighted by molar-refractivity contribution is -0.117. The number of rotatable bonds is 5. The summed E-state index contributed by atoms with van der Waals surface area (Å²) in [5, 5.41) is 14.6. The summed E-state index contributed by atoms with van der Waals surface area (Å²) in [5.41, 5.74) is 1.62. The summed E-state index contributed by atoms with van der Waals surface area (Å²) in [6.45, 7) is 1.52. The molecule has 0 spiro atoms. The van der Waals surface area contributed by atoms with Gasteiger partial charge in [-0.05, 0) is 42.0 Å². The van der Waals surface area contributed by atoms with Crippen molar-refractivity contribution in [2.45, 2.75) is 13.5 Å². The largest absolute Gasteiger partial charge is 0.497 e. The topological polar surface area (TPSA) is 81.9 Å². The summed E-state index contributed by atoms with van der Waals surface area (Å²) in [4.78, 5) is 13.2. The molecule has 0 aliphatic heterocycles. The number of tetrazole rings is 1. The van der Waals surface area contributed by atoms with E-state index in [1.807, 2.05) is 18.2 Å². The molecule has 0 aliphatic rings. The number of halogens is 1. The van der Waals surface area contributed by atoms with Crippen molar-refractivity contribution in [1.82, 2.24) is 20.2 Å². The van der Waals surface area contributed by atoms with Crippen molar-refractivity contribution >= 4 is 11.6 Å². The van der Waals surface area contributed by atoms with E-state index in [-0.39, 0.29) is 18.3 Å². The zero-order chi connectivity index (χ0) is 17.8. The highest BCUT2D eigenvalue weighted by Gasteiger charge is 2.11. The lowest BCUT2D eigenvalue weighted by atomic mass is 10.2. The third-order valence-corrected chi connectivity index (χ3v) is 3.52. The molecule has 128 valence electrons. The van der Waals surface area contributed by atoms with Gasteiger partial charge in [-0.25, -0.2) is 4.39 Å². The zero-order valence-corrected chi connectivity index (χ0v) is 13.7. The number of methoxy groups -OCH3 is 1. The Bertz CT molecular complexity index is 910. The highest BCUT2D eigenvalue weighted by molar-refractivity contribution is 5.90. The van der Waals surface area contributed by atoms with Gasteiger partial charge in [-0.3, -0.25) is 4.79 Å². The van der Waals surface area contributed by atoms with Crippen LogP contribution < -0.4 is 10.1 Å². The minimum absolute atomic E-state index is 0.132. The van der Waals surface area contributed by atoms with Gasteiger partial charge in [0.2, 0.25) is 11.7 Å². The van der Waals surface area contributed by atoms with Crippen molar-refractivity contribution < 1.29 is 13.9 Å². The number of hydrogen-bond donors (Lipinski definition) is 1. The average molecular weight is 341 g/mol. The Morgan fingerprint density at radius 3 is 2.88 bits per heavy atom. The van der Waals surface area contributed by atoms with Gasteiger partial charge < -0.3 is 10.1 Å². The number of benzene rings is 2. The summed E-state index contributed by atoms with van der Waals surface area (Å²) in [6.07, 6.45) is 0.